The molecule has 20 heavy (non-hydrogen) atoms. The van der Waals surface area contributed by atoms with E-state index in [-0.39, 0.29) is 11.5 Å². The Morgan fingerprint density at radius 3 is 2.95 bits per heavy atom. The molecule has 110 valence electrons. The molecule has 1 aliphatic heterocycles. The summed E-state index contributed by atoms with van der Waals surface area (Å²) in [6, 6.07) is 4.52. The van der Waals surface area contributed by atoms with Crippen molar-refractivity contribution in [2.24, 2.45) is 0 Å². The van der Waals surface area contributed by atoms with Crippen LogP contribution in [-0.2, 0) is 0 Å². The third kappa shape index (κ3) is 3.70. The van der Waals surface area contributed by atoms with Gasteiger partial charge in [0.15, 0.2) is 0 Å². The Labute approximate surface area is 124 Å². The van der Waals surface area contributed by atoms with E-state index >= 15 is 0 Å². The summed E-state index contributed by atoms with van der Waals surface area (Å²) < 4.78 is 13.9. The maximum atomic E-state index is 13.9. The van der Waals surface area contributed by atoms with Crippen LogP contribution in [-0.4, -0.2) is 36.5 Å². The van der Waals surface area contributed by atoms with Crippen molar-refractivity contribution in [2.45, 2.75) is 32.2 Å². The molecule has 1 aromatic carbocycles. The molecule has 2 rings (SSSR count). The molecule has 1 aliphatic rings. The minimum Gasteiger partial charge on any atom is -0.337 e. The van der Waals surface area contributed by atoms with E-state index in [1.54, 1.807) is 11.0 Å². The molecule has 1 fully saturated rings. The highest BCUT2D eigenvalue weighted by molar-refractivity contribution is 6.30. The molecule has 3 nitrogen and oxygen atoms in total. The lowest BCUT2D eigenvalue weighted by atomic mass is 10.1. The number of benzene rings is 1. The average molecular weight is 299 g/mol. The van der Waals surface area contributed by atoms with Gasteiger partial charge in [0.05, 0.1) is 5.56 Å². The minimum atomic E-state index is -0.553. The molecule has 0 spiro atoms. The Kier molecular flexibility index (Phi) is 5.38. The van der Waals surface area contributed by atoms with Crippen LogP contribution in [0.4, 0.5) is 4.39 Å². The topological polar surface area (TPSA) is 32.3 Å². The smallest absolute Gasteiger partial charge is 0.256 e. The second kappa shape index (κ2) is 7.04. The summed E-state index contributed by atoms with van der Waals surface area (Å²) >= 11 is 5.72. The van der Waals surface area contributed by atoms with E-state index in [4.69, 9.17) is 11.6 Å². The molecule has 0 bridgehead atoms. The number of halogens is 2. The Balaban J connectivity index is 2.12. The standard InChI is InChI=1S/C15H20ClFN2O/c1-2-8-19(10-12-4-3-7-18-12)15(20)13-6-5-11(16)9-14(13)17/h5-6,9,12,18H,2-4,7-8,10H2,1H3. The van der Waals surface area contributed by atoms with Crippen molar-refractivity contribution in [3.05, 3.63) is 34.6 Å². The van der Waals surface area contributed by atoms with Crippen molar-refractivity contribution in [3.8, 4) is 0 Å². The second-order valence-corrected chi connectivity index (χ2v) is 5.61. The predicted molar refractivity (Wildman–Crippen MR) is 78.6 cm³/mol. The van der Waals surface area contributed by atoms with Gasteiger partial charge in [-0.3, -0.25) is 4.79 Å². The van der Waals surface area contributed by atoms with Gasteiger partial charge < -0.3 is 10.2 Å². The van der Waals surface area contributed by atoms with E-state index in [0.29, 0.717) is 24.2 Å². The maximum Gasteiger partial charge on any atom is 0.256 e. The van der Waals surface area contributed by atoms with Crippen LogP contribution in [0.25, 0.3) is 0 Å². The fourth-order valence-corrected chi connectivity index (χ4v) is 2.72. The van der Waals surface area contributed by atoms with Gasteiger partial charge in [-0.05, 0) is 44.0 Å². The first-order valence-electron chi connectivity index (χ1n) is 7.09. The predicted octanol–water partition coefficient (Wildman–Crippen LogP) is 3.08. The lowest BCUT2D eigenvalue weighted by Crippen LogP contribution is -2.41. The Bertz CT molecular complexity index is 475. The Morgan fingerprint density at radius 2 is 2.35 bits per heavy atom. The molecule has 1 unspecified atom stereocenters. The van der Waals surface area contributed by atoms with E-state index < -0.39 is 5.82 Å². The molecule has 0 saturated carbocycles. The lowest BCUT2D eigenvalue weighted by molar-refractivity contribution is 0.0737. The highest BCUT2D eigenvalue weighted by Gasteiger charge is 2.23. The van der Waals surface area contributed by atoms with E-state index in [9.17, 15) is 9.18 Å². The van der Waals surface area contributed by atoms with Crippen LogP contribution in [0.1, 0.15) is 36.5 Å². The van der Waals surface area contributed by atoms with Crippen LogP contribution >= 0.6 is 11.6 Å². The highest BCUT2D eigenvalue weighted by Crippen LogP contribution is 2.17. The molecule has 1 amide bonds. The highest BCUT2D eigenvalue weighted by atomic mass is 35.5. The number of carbonyl (C=O) groups excluding carboxylic acids is 1. The number of nitrogens with zero attached hydrogens (tertiary/aromatic N) is 1. The van der Waals surface area contributed by atoms with Gasteiger partial charge in [-0.15, -0.1) is 0 Å². The van der Waals surface area contributed by atoms with Gasteiger partial charge in [-0.2, -0.15) is 0 Å². The summed E-state index contributed by atoms with van der Waals surface area (Å²) in [5.41, 5.74) is 0.0980. The normalized spacial score (nSPS) is 18.2. The van der Waals surface area contributed by atoms with Crippen LogP contribution in [0.2, 0.25) is 5.02 Å². The van der Waals surface area contributed by atoms with Crippen LogP contribution in [0.3, 0.4) is 0 Å². The maximum absolute atomic E-state index is 13.9. The van der Waals surface area contributed by atoms with E-state index in [1.165, 1.54) is 12.1 Å². The monoisotopic (exact) mass is 298 g/mol. The number of carbonyl (C=O) groups is 1. The SMILES string of the molecule is CCCN(CC1CCCN1)C(=O)c1ccc(Cl)cc1F. The molecule has 0 radical (unpaired) electrons. The summed E-state index contributed by atoms with van der Waals surface area (Å²) in [4.78, 5) is 14.2. The molecule has 1 atom stereocenters. The van der Waals surface area contributed by atoms with Crippen molar-refractivity contribution in [1.29, 1.82) is 0 Å². The zero-order valence-electron chi connectivity index (χ0n) is 11.7. The van der Waals surface area contributed by atoms with E-state index in [0.717, 1.165) is 25.8 Å². The van der Waals surface area contributed by atoms with Crippen molar-refractivity contribution < 1.29 is 9.18 Å². The average Bonchev–Trinajstić information content (AvgIpc) is 2.90. The first-order valence-corrected chi connectivity index (χ1v) is 7.47. The number of hydrogen-bond donors (Lipinski definition) is 1. The quantitative estimate of drug-likeness (QED) is 0.906. The summed E-state index contributed by atoms with van der Waals surface area (Å²) in [6.07, 6.45) is 3.05. The van der Waals surface area contributed by atoms with E-state index in [1.807, 2.05) is 6.92 Å². The summed E-state index contributed by atoms with van der Waals surface area (Å²) in [5.74, 6) is -0.808. The van der Waals surface area contributed by atoms with Gasteiger partial charge >= 0.3 is 0 Å². The second-order valence-electron chi connectivity index (χ2n) is 5.17. The van der Waals surface area contributed by atoms with Gasteiger partial charge in [-0.1, -0.05) is 18.5 Å². The van der Waals surface area contributed by atoms with Crippen LogP contribution in [0.5, 0.6) is 0 Å². The molecular formula is C15H20ClFN2O. The zero-order chi connectivity index (χ0) is 14.5. The van der Waals surface area contributed by atoms with Gasteiger partial charge in [0.25, 0.3) is 5.91 Å². The molecule has 5 heteroatoms. The minimum absolute atomic E-state index is 0.0980. The van der Waals surface area contributed by atoms with Gasteiger partial charge in [0.1, 0.15) is 5.82 Å². The number of rotatable bonds is 5. The third-order valence-electron chi connectivity index (χ3n) is 3.55. The van der Waals surface area contributed by atoms with Crippen molar-refractivity contribution in [2.75, 3.05) is 19.6 Å². The Morgan fingerprint density at radius 1 is 1.55 bits per heavy atom. The summed E-state index contributed by atoms with van der Waals surface area (Å²) in [5, 5.41) is 3.67. The lowest BCUT2D eigenvalue weighted by Gasteiger charge is -2.25. The summed E-state index contributed by atoms with van der Waals surface area (Å²) in [7, 11) is 0. The van der Waals surface area contributed by atoms with Crippen molar-refractivity contribution in [3.63, 3.8) is 0 Å². The summed E-state index contributed by atoms with van der Waals surface area (Å²) in [6.45, 7) is 4.28. The molecule has 1 heterocycles. The van der Waals surface area contributed by atoms with Crippen molar-refractivity contribution >= 4 is 17.5 Å². The Hall–Kier alpha value is -1.13. The first-order chi connectivity index (χ1) is 9.61. The molecule has 1 aromatic rings. The number of amides is 1. The molecule has 1 N–H and O–H groups in total. The van der Waals surface area contributed by atoms with Crippen LogP contribution < -0.4 is 5.32 Å². The fourth-order valence-electron chi connectivity index (χ4n) is 2.56. The number of hydrogen-bond acceptors (Lipinski definition) is 2. The van der Waals surface area contributed by atoms with Crippen LogP contribution in [0.15, 0.2) is 18.2 Å². The zero-order valence-corrected chi connectivity index (χ0v) is 12.4. The molecule has 0 aromatic heterocycles. The fraction of sp³-hybridized carbons (Fsp3) is 0.533. The van der Waals surface area contributed by atoms with Crippen LogP contribution in [0, 0.1) is 5.82 Å². The first kappa shape index (κ1) is 15.3. The van der Waals surface area contributed by atoms with Gasteiger partial charge in [-0.25, -0.2) is 4.39 Å². The molecule has 0 aliphatic carbocycles. The molecular weight excluding hydrogens is 279 g/mol. The molecule has 1 saturated heterocycles. The largest absolute Gasteiger partial charge is 0.337 e. The third-order valence-corrected chi connectivity index (χ3v) is 3.78. The number of nitrogens with one attached hydrogen (secondary N) is 1. The van der Waals surface area contributed by atoms with Gasteiger partial charge in [0, 0.05) is 24.2 Å². The van der Waals surface area contributed by atoms with E-state index in [2.05, 4.69) is 5.32 Å². The van der Waals surface area contributed by atoms with Gasteiger partial charge in [0.2, 0.25) is 0 Å². The van der Waals surface area contributed by atoms with Crippen molar-refractivity contribution in [1.82, 2.24) is 10.2 Å².